The molecule has 0 unspecified atom stereocenters. The molecule has 0 saturated carbocycles. The summed E-state index contributed by atoms with van der Waals surface area (Å²) in [5.74, 6) is -1.05. The Morgan fingerprint density at radius 2 is 1.30 bits per heavy atom. The van der Waals surface area contributed by atoms with Crippen LogP contribution in [0.25, 0.3) is 21.9 Å². The standard InChI is InChI=1S/C15H9F2.C9H13.C2H6Si.Zr/c16-13-6-3-7-14(17)15(13)12-9-8-10-4-1-2-5-11(10)12;1-6-5-7(2)9(4)8(6)3;1-3-2;/h1-9H;5H,1-4H3;1-2H3;/q2*-1;;+2. The average molecular weight is 498 g/mol. The summed E-state index contributed by atoms with van der Waals surface area (Å²) in [5, 5.41) is 1.86. The fourth-order valence-electron chi connectivity index (χ4n) is 3.26. The van der Waals surface area contributed by atoms with Crippen LogP contribution in [0.3, 0.4) is 0 Å². The van der Waals surface area contributed by atoms with E-state index in [9.17, 15) is 8.78 Å². The first-order chi connectivity index (χ1) is 14.1. The molecule has 0 N–H and O–H groups in total. The maximum atomic E-state index is 13.7. The van der Waals surface area contributed by atoms with E-state index in [0.717, 1.165) is 10.8 Å². The van der Waals surface area contributed by atoms with Gasteiger partial charge in [-0.1, -0.05) is 39.8 Å². The Bertz CT molecular complexity index is 1100. The zero-order valence-electron chi connectivity index (χ0n) is 18.5. The molecule has 0 radical (unpaired) electrons. The van der Waals surface area contributed by atoms with Crippen LogP contribution in [0.15, 0.2) is 60.7 Å². The molecule has 4 rings (SSSR count). The van der Waals surface area contributed by atoms with Crippen LogP contribution in [0.1, 0.15) is 22.3 Å². The average Bonchev–Trinajstić information content (AvgIpc) is 3.19. The predicted molar refractivity (Wildman–Crippen MR) is 123 cm³/mol. The van der Waals surface area contributed by atoms with Crippen molar-refractivity contribution < 1.29 is 32.1 Å². The van der Waals surface area contributed by atoms with Gasteiger partial charge in [0.2, 0.25) is 0 Å². The second-order valence-corrected chi connectivity index (χ2v) is 17.1. The van der Waals surface area contributed by atoms with Gasteiger partial charge in [-0.3, -0.25) is 0 Å². The van der Waals surface area contributed by atoms with E-state index in [1.54, 1.807) is 29.4 Å². The molecule has 0 nitrogen and oxygen atoms in total. The van der Waals surface area contributed by atoms with Crippen LogP contribution in [-0.2, 0) is 23.3 Å². The van der Waals surface area contributed by atoms with Gasteiger partial charge in [-0.15, -0.1) is 46.7 Å². The number of benzene rings is 2. The van der Waals surface area contributed by atoms with Crippen molar-refractivity contribution in [2.75, 3.05) is 0 Å². The summed E-state index contributed by atoms with van der Waals surface area (Å²) >= 11 is 1.74. The van der Waals surface area contributed by atoms with Gasteiger partial charge in [0.25, 0.3) is 0 Å². The van der Waals surface area contributed by atoms with Crippen molar-refractivity contribution >= 4 is 16.2 Å². The SMILES string of the molecule is C[Si](C)=[Zr+2].Cc1[cH-]c(C)c(C)c1C.Fc1cccc(F)c1-c1c[cH-]c2ccccc12. The van der Waals surface area contributed by atoms with E-state index in [0.29, 0.717) is 5.56 Å². The minimum Gasteiger partial charge on any atom is -0.207 e. The molecule has 154 valence electrons. The van der Waals surface area contributed by atoms with Crippen LogP contribution in [0.2, 0.25) is 13.1 Å². The number of hydrogen-bond donors (Lipinski definition) is 0. The molecule has 0 bridgehead atoms. The molecule has 0 aliphatic rings. The summed E-state index contributed by atoms with van der Waals surface area (Å²) in [6.07, 6.45) is 0. The minimum absolute atomic E-state index is 0.0497. The Balaban J connectivity index is 0.000000207. The Hall–Kier alpha value is -1.64. The van der Waals surface area contributed by atoms with Crippen LogP contribution >= 0.6 is 0 Å². The van der Waals surface area contributed by atoms with Gasteiger partial charge in [0.05, 0.1) is 0 Å². The van der Waals surface area contributed by atoms with Gasteiger partial charge in [0, 0.05) is 5.56 Å². The number of fused-ring (bicyclic) bond motifs is 1. The number of hydrogen-bond acceptors (Lipinski definition) is 0. The van der Waals surface area contributed by atoms with Gasteiger partial charge in [0.1, 0.15) is 11.6 Å². The molecule has 0 fully saturated rings. The van der Waals surface area contributed by atoms with Gasteiger partial charge >= 0.3 is 41.9 Å². The second-order valence-electron chi connectivity index (χ2n) is 7.69. The predicted octanol–water partition coefficient (Wildman–Crippen LogP) is 7.93. The zero-order chi connectivity index (χ0) is 22.4. The van der Waals surface area contributed by atoms with E-state index in [-0.39, 0.29) is 11.0 Å². The summed E-state index contributed by atoms with van der Waals surface area (Å²) in [6.45, 7) is 13.3. The molecule has 30 heavy (non-hydrogen) atoms. The fraction of sp³-hybridized carbons (Fsp3) is 0.231. The largest absolute Gasteiger partial charge is 0.207 e. The van der Waals surface area contributed by atoms with Crippen LogP contribution in [-0.4, -0.2) is 5.43 Å². The summed E-state index contributed by atoms with van der Waals surface area (Å²) < 4.78 is 27.4. The van der Waals surface area contributed by atoms with E-state index in [1.165, 1.54) is 40.5 Å². The summed E-state index contributed by atoms with van der Waals surface area (Å²) in [7, 11) is 0. The Kier molecular flexibility index (Phi) is 9.12. The van der Waals surface area contributed by atoms with Crippen molar-refractivity contribution in [1.29, 1.82) is 0 Å². The second kappa shape index (κ2) is 11.1. The molecule has 0 aliphatic heterocycles. The van der Waals surface area contributed by atoms with Crippen molar-refractivity contribution in [1.82, 2.24) is 0 Å². The third-order valence-electron chi connectivity index (χ3n) is 5.09. The minimum atomic E-state index is -0.527. The third kappa shape index (κ3) is 6.18. The topological polar surface area (TPSA) is 0 Å². The summed E-state index contributed by atoms with van der Waals surface area (Å²) in [5.41, 5.74) is 6.61. The molecular weight excluding hydrogens is 470 g/mol. The van der Waals surface area contributed by atoms with Crippen molar-refractivity contribution in [2.45, 2.75) is 40.8 Å². The summed E-state index contributed by atoms with van der Waals surface area (Å²) in [6, 6.07) is 17.4. The first-order valence-electron chi connectivity index (χ1n) is 9.94. The van der Waals surface area contributed by atoms with E-state index >= 15 is 0 Å². The van der Waals surface area contributed by atoms with Crippen LogP contribution < -0.4 is 0 Å². The number of aryl methyl sites for hydroxylation is 2. The first kappa shape index (κ1) is 24.6. The molecule has 4 heteroatoms. The Morgan fingerprint density at radius 3 is 1.77 bits per heavy atom. The van der Waals surface area contributed by atoms with Gasteiger partial charge < -0.3 is 0 Å². The third-order valence-corrected chi connectivity index (χ3v) is 5.09. The quantitative estimate of drug-likeness (QED) is 0.185. The van der Waals surface area contributed by atoms with Gasteiger partial charge in [-0.2, -0.15) is 28.3 Å². The van der Waals surface area contributed by atoms with E-state index in [1.807, 2.05) is 30.3 Å². The molecule has 4 aromatic carbocycles. The normalized spacial score (nSPS) is 10.2. The van der Waals surface area contributed by atoms with Crippen LogP contribution in [0, 0.1) is 39.3 Å². The van der Waals surface area contributed by atoms with Gasteiger partial charge in [-0.25, -0.2) is 8.78 Å². The van der Waals surface area contributed by atoms with Gasteiger partial charge in [0.15, 0.2) is 0 Å². The van der Waals surface area contributed by atoms with E-state index in [4.69, 9.17) is 0 Å². The van der Waals surface area contributed by atoms with Crippen molar-refractivity contribution in [3.05, 3.63) is 94.6 Å². The van der Waals surface area contributed by atoms with Crippen molar-refractivity contribution in [3.8, 4) is 11.1 Å². The molecule has 0 spiro atoms. The van der Waals surface area contributed by atoms with Crippen LogP contribution in [0.4, 0.5) is 8.78 Å². The van der Waals surface area contributed by atoms with Crippen molar-refractivity contribution in [3.63, 3.8) is 0 Å². The molecule has 0 aromatic heterocycles. The van der Waals surface area contributed by atoms with E-state index < -0.39 is 11.6 Å². The molecule has 0 atom stereocenters. The Morgan fingerprint density at radius 1 is 0.800 bits per heavy atom. The molecule has 0 amide bonds. The Labute approximate surface area is 194 Å². The van der Waals surface area contributed by atoms with E-state index in [2.05, 4.69) is 46.9 Å². The zero-order valence-corrected chi connectivity index (χ0v) is 22.0. The molecule has 0 aliphatic carbocycles. The smallest absolute Gasteiger partial charge is 0.123 e. The maximum absolute atomic E-state index is 13.7. The molecule has 4 aromatic rings. The monoisotopic (exact) mass is 496 g/mol. The van der Waals surface area contributed by atoms with Crippen LogP contribution in [0.5, 0.6) is 0 Å². The summed E-state index contributed by atoms with van der Waals surface area (Å²) in [4.78, 5) is 0. The fourth-order valence-corrected chi connectivity index (χ4v) is 3.26. The maximum Gasteiger partial charge on any atom is 0.123 e. The molecular formula is C26H28F2SiZr. The number of halogens is 2. The van der Waals surface area contributed by atoms with Gasteiger partial charge in [-0.05, 0) is 12.1 Å². The first-order valence-corrected chi connectivity index (χ1v) is 16.1. The molecule has 0 saturated heterocycles. The van der Waals surface area contributed by atoms with Crippen molar-refractivity contribution in [2.24, 2.45) is 0 Å². The molecule has 0 heterocycles. The number of rotatable bonds is 1.